The van der Waals surface area contributed by atoms with Crippen LogP contribution in [0, 0.1) is 0 Å². The number of Topliss-reactive ketones (excluding diaryl/α,β-unsaturated/α-hetero) is 1. The maximum absolute atomic E-state index is 13.0. The van der Waals surface area contributed by atoms with Gasteiger partial charge in [0, 0.05) is 35.5 Å². The van der Waals surface area contributed by atoms with Crippen LogP contribution in [0.2, 0.25) is 0 Å². The summed E-state index contributed by atoms with van der Waals surface area (Å²) in [5.41, 5.74) is 2.95. The molecule has 0 saturated heterocycles. The molecule has 0 unspecified atom stereocenters. The number of benzene rings is 2. The summed E-state index contributed by atoms with van der Waals surface area (Å²) in [7, 11) is 1.65. The van der Waals surface area contributed by atoms with Crippen molar-refractivity contribution in [2.45, 2.75) is 19.8 Å². The molecule has 0 fully saturated rings. The van der Waals surface area contributed by atoms with Crippen molar-refractivity contribution in [3.63, 3.8) is 0 Å². The molecule has 0 amide bonds. The highest BCUT2D eigenvalue weighted by molar-refractivity contribution is 6.27. The highest BCUT2D eigenvalue weighted by atomic mass is 16.1. The Hall–Kier alpha value is -3.01. The van der Waals surface area contributed by atoms with E-state index in [4.69, 9.17) is 0 Å². The second kappa shape index (κ2) is 5.52. The minimum Gasteiger partial charge on any atom is -0.311 e. The van der Waals surface area contributed by atoms with Crippen molar-refractivity contribution >= 4 is 22.5 Å². The van der Waals surface area contributed by atoms with Crippen molar-refractivity contribution in [1.29, 1.82) is 0 Å². The van der Waals surface area contributed by atoms with E-state index in [0.29, 0.717) is 46.0 Å². The van der Waals surface area contributed by atoms with Gasteiger partial charge in [0.05, 0.1) is 11.1 Å². The fourth-order valence-electron chi connectivity index (χ4n) is 3.70. The Morgan fingerprint density at radius 3 is 2.36 bits per heavy atom. The smallest absolute Gasteiger partial charge is 0.262 e. The number of fused-ring (bicyclic) bond motifs is 2. The Morgan fingerprint density at radius 1 is 0.960 bits per heavy atom. The van der Waals surface area contributed by atoms with Crippen LogP contribution >= 0.6 is 0 Å². The zero-order valence-electron chi connectivity index (χ0n) is 14.1. The average molecular weight is 331 g/mol. The third-order valence-electron chi connectivity index (χ3n) is 4.86. The van der Waals surface area contributed by atoms with Gasteiger partial charge in [-0.05, 0) is 18.1 Å². The minimum absolute atomic E-state index is 0.0683. The van der Waals surface area contributed by atoms with E-state index in [1.54, 1.807) is 31.3 Å². The molecule has 0 N–H and O–H groups in total. The summed E-state index contributed by atoms with van der Waals surface area (Å²) in [6.07, 6.45) is 0.980. The predicted octanol–water partition coefficient (Wildman–Crippen LogP) is 3.73. The summed E-state index contributed by atoms with van der Waals surface area (Å²) in [5, 5.41) is 0.702. The second-order valence-electron chi connectivity index (χ2n) is 6.36. The summed E-state index contributed by atoms with van der Waals surface area (Å²) < 4.78 is 1.48. The lowest BCUT2D eigenvalue weighted by Gasteiger charge is -2.23. The molecule has 0 aliphatic heterocycles. The van der Waals surface area contributed by atoms with Gasteiger partial charge in [-0.15, -0.1) is 0 Å². The molecule has 0 bridgehead atoms. The van der Waals surface area contributed by atoms with Crippen LogP contribution in [-0.2, 0) is 7.05 Å². The predicted molar refractivity (Wildman–Crippen MR) is 97.3 cm³/mol. The topological polar surface area (TPSA) is 56.1 Å². The normalized spacial score (nSPS) is 12.3. The first kappa shape index (κ1) is 15.5. The molecule has 124 valence electrons. The number of nitrogens with zero attached hydrogens (tertiary/aromatic N) is 1. The summed E-state index contributed by atoms with van der Waals surface area (Å²) in [4.78, 5) is 38.7. The maximum Gasteiger partial charge on any atom is 0.262 e. The summed E-state index contributed by atoms with van der Waals surface area (Å²) in [6.45, 7) is 1.91. The van der Waals surface area contributed by atoms with Crippen LogP contribution in [0.3, 0.4) is 0 Å². The molecule has 0 saturated carbocycles. The number of carbonyl (C=O) groups excluding carboxylic acids is 2. The zero-order valence-corrected chi connectivity index (χ0v) is 14.1. The monoisotopic (exact) mass is 331 g/mol. The van der Waals surface area contributed by atoms with Crippen LogP contribution in [0.5, 0.6) is 0 Å². The van der Waals surface area contributed by atoms with Crippen LogP contribution in [-0.4, -0.2) is 16.1 Å². The van der Waals surface area contributed by atoms with Gasteiger partial charge in [0.2, 0.25) is 0 Å². The Labute approximate surface area is 144 Å². The molecular formula is C21H17NO3. The zero-order chi connectivity index (χ0) is 17.7. The van der Waals surface area contributed by atoms with E-state index < -0.39 is 0 Å². The largest absolute Gasteiger partial charge is 0.311 e. The van der Waals surface area contributed by atoms with Gasteiger partial charge in [0.1, 0.15) is 0 Å². The molecule has 1 heterocycles. The van der Waals surface area contributed by atoms with E-state index in [-0.39, 0.29) is 22.7 Å². The maximum atomic E-state index is 13.0. The number of rotatable bonds is 3. The fourth-order valence-corrected chi connectivity index (χ4v) is 3.70. The lowest BCUT2D eigenvalue weighted by molar-refractivity contribution is 0.0978. The van der Waals surface area contributed by atoms with Crippen LogP contribution in [0.25, 0.3) is 22.0 Å². The molecule has 1 aromatic heterocycles. The SMILES string of the molecule is CCCC(=O)c1c2c3c(cccc3n(C)c1=O)C(=O)c1ccccc1-2. The summed E-state index contributed by atoms with van der Waals surface area (Å²) in [6, 6.07) is 12.6. The van der Waals surface area contributed by atoms with Gasteiger partial charge in [-0.2, -0.15) is 0 Å². The fraction of sp³-hybridized carbons (Fsp3) is 0.190. The second-order valence-corrected chi connectivity index (χ2v) is 6.36. The van der Waals surface area contributed by atoms with Crippen LogP contribution in [0.4, 0.5) is 0 Å². The van der Waals surface area contributed by atoms with E-state index in [2.05, 4.69) is 0 Å². The molecule has 1 aliphatic carbocycles. The van der Waals surface area contributed by atoms with Crippen LogP contribution < -0.4 is 5.56 Å². The van der Waals surface area contributed by atoms with Crippen molar-refractivity contribution in [1.82, 2.24) is 4.57 Å². The van der Waals surface area contributed by atoms with Gasteiger partial charge >= 0.3 is 0 Å². The van der Waals surface area contributed by atoms with Gasteiger partial charge in [0.15, 0.2) is 11.6 Å². The quantitative estimate of drug-likeness (QED) is 0.538. The molecule has 4 rings (SSSR count). The van der Waals surface area contributed by atoms with Crippen molar-refractivity contribution in [3.8, 4) is 11.1 Å². The molecule has 2 aromatic carbocycles. The number of aromatic nitrogens is 1. The number of hydrogen-bond acceptors (Lipinski definition) is 3. The van der Waals surface area contributed by atoms with E-state index in [1.807, 2.05) is 25.1 Å². The Balaban J connectivity index is 2.28. The van der Waals surface area contributed by atoms with E-state index in [0.717, 1.165) is 0 Å². The molecular weight excluding hydrogens is 314 g/mol. The molecule has 0 atom stereocenters. The van der Waals surface area contributed by atoms with Gasteiger partial charge in [0.25, 0.3) is 5.56 Å². The standard InChI is InChI=1S/C21H17NO3/c1-3-7-16(23)19-18-12-8-4-5-9-13(12)20(24)14-10-6-11-15(17(14)18)22(2)21(19)25/h4-6,8-11H,3,7H2,1-2H3. The van der Waals surface area contributed by atoms with E-state index in [1.165, 1.54) is 4.57 Å². The molecule has 25 heavy (non-hydrogen) atoms. The molecule has 4 nitrogen and oxygen atoms in total. The lowest BCUT2D eigenvalue weighted by atomic mass is 9.81. The van der Waals surface area contributed by atoms with Gasteiger partial charge < -0.3 is 4.57 Å². The van der Waals surface area contributed by atoms with Crippen molar-refractivity contribution in [2.75, 3.05) is 0 Å². The van der Waals surface area contributed by atoms with Crippen molar-refractivity contribution in [2.24, 2.45) is 7.05 Å². The van der Waals surface area contributed by atoms with Gasteiger partial charge in [-0.25, -0.2) is 0 Å². The first-order valence-corrected chi connectivity index (χ1v) is 8.39. The van der Waals surface area contributed by atoms with E-state index in [9.17, 15) is 14.4 Å². The summed E-state index contributed by atoms with van der Waals surface area (Å²) in [5.74, 6) is -0.236. The number of hydrogen-bond donors (Lipinski definition) is 0. The molecule has 1 aliphatic rings. The first-order valence-electron chi connectivity index (χ1n) is 8.39. The Kier molecular flexibility index (Phi) is 3.42. The highest BCUT2D eigenvalue weighted by Gasteiger charge is 2.31. The third-order valence-corrected chi connectivity index (χ3v) is 4.86. The van der Waals surface area contributed by atoms with Gasteiger partial charge in [-0.3, -0.25) is 14.4 Å². The lowest BCUT2D eigenvalue weighted by Crippen LogP contribution is -2.28. The average Bonchev–Trinajstić information content (AvgIpc) is 2.63. The Morgan fingerprint density at radius 2 is 1.64 bits per heavy atom. The van der Waals surface area contributed by atoms with Crippen LogP contribution in [0.1, 0.15) is 46.0 Å². The number of pyridine rings is 1. The highest BCUT2D eigenvalue weighted by Crippen LogP contribution is 2.40. The summed E-state index contributed by atoms with van der Waals surface area (Å²) >= 11 is 0. The molecule has 0 spiro atoms. The first-order chi connectivity index (χ1) is 12.1. The van der Waals surface area contributed by atoms with Crippen LogP contribution in [0.15, 0.2) is 47.3 Å². The minimum atomic E-state index is -0.303. The number of ketones is 2. The third kappa shape index (κ3) is 2.03. The molecule has 4 heteroatoms. The molecule has 3 aromatic rings. The van der Waals surface area contributed by atoms with E-state index >= 15 is 0 Å². The Bertz CT molecular complexity index is 1120. The number of aryl methyl sites for hydroxylation is 1. The van der Waals surface area contributed by atoms with Crippen molar-refractivity contribution < 1.29 is 9.59 Å². The number of carbonyl (C=O) groups is 2. The van der Waals surface area contributed by atoms with Crippen molar-refractivity contribution in [3.05, 3.63) is 69.5 Å². The molecule has 0 radical (unpaired) electrons. The van der Waals surface area contributed by atoms with Gasteiger partial charge in [-0.1, -0.05) is 43.3 Å².